The van der Waals surface area contributed by atoms with E-state index in [9.17, 15) is 8.42 Å². The molecule has 15 heavy (non-hydrogen) atoms. The molecule has 90 valence electrons. The molecule has 0 aromatic rings. The van der Waals surface area contributed by atoms with Crippen LogP contribution in [0.5, 0.6) is 0 Å². The van der Waals surface area contributed by atoms with Gasteiger partial charge in [-0.2, -0.15) is 0 Å². The van der Waals surface area contributed by atoms with E-state index in [1.54, 1.807) is 13.8 Å². The molecule has 1 aliphatic rings. The van der Waals surface area contributed by atoms with Crippen LogP contribution >= 0.6 is 15.9 Å². The molecular formula is C11H21BrO2S. The number of halogens is 1. The third kappa shape index (κ3) is 4.06. The predicted molar refractivity (Wildman–Crippen MR) is 68.2 cm³/mol. The standard InChI is InChI=1S/C11H21BrO2S/c1-9(2)15(13,14)8-7-10-5-3-4-6-11(10)12/h9-11H,3-8H2,1-2H3. The first-order valence-electron chi connectivity index (χ1n) is 5.79. The molecule has 1 fully saturated rings. The zero-order valence-electron chi connectivity index (χ0n) is 9.58. The summed E-state index contributed by atoms with van der Waals surface area (Å²) in [6.07, 6.45) is 5.75. The molecule has 0 spiro atoms. The zero-order chi connectivity index (χ0) is 11.5. The van der Waals surface area contributed by atoms with Gasteiger partial charge in [0, 0.05) is 4.83 Å². The second kappa shape index (κ2) is 5.67. The van der Waals surface area contributed by atoms with E-state index in [0.717, 1.165) is 6.42 Å². The van der Waals surface area contributed by atoms with Crippen LogP contribution in [0.15, 0.2) is 0 Å². The van der Waals surface area contributed by atoms with E-state index in [1.165, 1.54) is 25.7 Å². The lowest BCUT2D eigenvalue weighted by Crippen LogP contribution is -2.25. The van der Waals surface area contributed by atoms with Gasteiger partial charge in [0.2, 0.25) is 0 Å². The highest BCUT2D eigenvalue weighted by Gasteiger charge is 2.25. The van der Waals surface area contributed by atoms with Gasteiger partial charge in [0.05, 0.1) is 11.0 Å². The first kappa shape index (κ1) is 13.5. The molecule has 0 radical (unpaired) electrons. The highest BCUT2D eigenvalue weighted by Crippen LogP contribution is 2.32. The SMILES string of the molecule is CC(C)S(=O)(=O)CCC1CCCCC1Br. The maximum absolute atomic E-state index is 11.7. The van der Waals surface area contributed by atoms with Crippen molar-refractivity contribution >= 4 is 25.8 Å². The third-order valence-corrected chi connectivity index (χ3v) is 6.75. The van der Waals surface area contributed by atoms with Gasteiger partial charge in [0.25, 0.3) is 0 Å². The summed E-state index contributed by atoms with van der Waals surface area (Å²) in [4.78, 5) is 0.536. The first-order chi connectivity index (χ1) is 6.93. The molecule has 2 nitrogen and oxygen atoms in total. The first-order valence-corrected chi connectivity index (χ1v) is 8.42. The Morgan fingerprint density at radius 2 is 1.87 bits per heavy atom. The van der Waals surface area contributed by atoms with Crippen molar-refractivity contribution in [3.63, 3.8) is 0 Å². The minimum Gasteiger partial charge on any atom is -0.229 e. The van der Waals surface area contributed by atoms with Gasteiger partial charge >= 0.3 is 0 Å². The second-order valence-corrected chi connectivity index (χ2v) is 8.62. The molecule has 0 aromatic carbocycles. The number of rotatable bonds is 4. The van der Waals surface area contributed by atoms with Crippen LogP contribution < -0.4 is 0 Å². The normalized spacial score (nSPS) is 28.3. The van der Waals surface area contributed by atoms with Gasteiger partial charge in [-0.1, -0.05) is 28.8 Å². The molecule has 0 aromatic heterocycles. The summed E-state index contributed by atoms with van der Waals surface area (Å²) in [5.74, 6) is 0.921. The quantitative estimate of drug-likeness (QED) is 0.747. The fourth-order valence-corrected chi connectivity index (χ4v) is 3.99. The predicted octanol–water partition coefficient (Wildman–Crippen LogP) is 3.15. The van der Waals surface area contributed by atoms with E-state index in [4.69, 9.17) is 0 Å². The van der Waals surface area contributed by atoms with Crippen molar-refractivity contribution in [1.29, 1.82) is 0 Å². The van der Waals surface area contributed by atoms with Crippen LogP contribution in [0.4, 0.5) is 0 Å². The molecule has 1 saturated carbocycles. The van der Waals surface area contributed by atoms with Crippen LogP contribution in [0.25, 0.3) is 0 Å². The van der Waals surface area contributed by atoms with Crippen LogP contribution in [-0.4, -0.2) is 24.2 Å². The molecule has 0 heterocycles. The number of hydrogen-bond acceptors (Lipinski definition) is 2. The summed E-state index contributed by atoms with van der Waals surface area (Å²) in [6, 6.07) is 0. The highest BCUT2D eigenvalue weighted by atomic mass is 79.9. The minimum absolute atomic E-state index is 0.227. The average Bonchev–Trinajstić information content (AvgIpc) is 2.16. The second-order valence-electron chi connectivity index (χ2n) is 4.76. The topological polar surface area (TPSA) is 34.1 Å². The van der Waals surface area contributed by atoms with Crippen LogP contribution in [-0.2, 0) is 9.84 Å². The zero-order valence-corrected chi connectivity index (χ0v) is 12.0. The minimum atomic E-state index is -2.84. The highest BCUT2D eigenvalue weighted by molar-refractivity contribution is 9.09. The van der Waals surface area contributed by atoms with E-state index in [0.29, 0.717) is 16.5 Å². The monoisotopic (exact) mass is 296 g/mol. The Kier molecular flexibility index (Phi) is 5.10. The molecule has 0 saturated heterocycles. The fourth-order valence-electron chi connectivity index (χ4n) is 2.04. The van der Waals surface area contributed by atoms with E-state index in [-0.39, 0.29) is 5.25 Å². The Bertz CT molecular complexity index is 285. The lowest BCUT2D eigenvalue weighted by atomic mass is 9.87. The maximum atomic E-state index is 11.7. The Labute approximate surface area is 102 Å². The molecule has 0 aliphatic heterocycles. The molecule has 0 amide bonds. The van der Waals surface area contributed by atoms with Gasteiger partial charge in [0.1, 0.15) is 0 Å². The van der Waals surface area contributed by atoms with Gasteiger partial charge in [-0.05, 0) is 39.0 Å². The van der Waals surface area contributed by atoms with Gasteiger partial charge in [-0.25, -0.2) is 8.42 Å². The smallest absolute Gasteiger partial charge is 0.152 e. The Morgan fingerprint density at radius 3 is 2.40 bits per heavy atom. The third-order valence-electron chi connectivity index (χ3n) is 3.31. The van der Waals surface area contributed by atoms with Crippen LogP contribution in [0, 0.1) is 5.92 Å². The number of alkyl halides is 1. The van der Waals surface area contributed by atoms with E-state index < -0.39 is 9.84 Å². The van der Waals surface area contributed by atoms with Crippen LogP contribution in [0.3, 0.4) is 0 Å². The summed E-state index contributed by atoms with van der Waals surface area (Å²) >= 11 is 3.66. The molecule has 1 aliphatic carbocycles. The van der Waals surface area contributed by atoms with Gasteiger partial charge in [-0.3, -0.25) is 0 Å². The molecular weight excluding hydrogens is 276 g/mol. The van der Waals surface area contributed by atoms with E-state index in [2.05, 4.69) is 15.9 Å². The largest absolute Gasteiger partial charge is 0.229 e. The van der Waals surface area contributed by atoms with E-state index in [1.807, 2.05) is 0 Å². The van der Waals surface area contributed by atoms with Gasteiger partial charge < -0.3 is 0 Å². The molecule has 1 rings (SSSR count). The van der Waals surface area contributed by atoms with Crippen molar-refractivity contribution in [2.45, 2.75) is 56.0 Å². The summed E-state index contributed by atoms with van der Waals surface area (Å²) in [6.45, 7) is 3.53. The van der Waals surface area contributed by atoms with Crippen molar-refractivity contribution in [3.05, 3.63) is 0 Å². The van der Waals surface area contributed by atoms with Crippen molar-refractivity contribution in [2.24, 2.45) is 5.92 Å². The van der Waals surface area contributed by atoms with Crippen molar-refractivity contribution in [1.82, 2.24) is 0 Å². The summed E-state index contributed by atoms with van der Waals surface area (Å²) in [5, 5.41) is -0.227. The van der Waals surface area contributed by atoms with Crippen LogP contribution in [0.2, 0.25) is 0 Å². The summed E-state index contributed by atoms with van der Waals surface area (Å²) in [7, 11) is -2.84. The lowest BCUT2D eigenvalue weighted by molar-refractivity contribution is 0.366. The van der Waals surface area contributed by atoms with Crippen molar-refractivity contribution in [3.8, 4) is 0 Å². The number of hydrogen-bond donors (Lipinski definition) is 0. The molecule has 2 unspecified atom stereocenters. The molecule has 0 bridgehead atoms. The van der Waals surface area contributed by atoms with Gasteiger partial charge in [-0.15, -0.1) is 0 Å². The average molecular weight is 297 g/mol. The molecule has 4 heteroatoms. The van der Waals surface area contributed by atoms with E-state index >= 15 is 0 Å². The molecule has 0 N–H and O–H groups in total. The summed E-state index contributed by atoms with van der Waals surface area (Å²) in [5.41, 5.74) is 0. The maximum Gasteiger partial charge on any atom is 0.152 e. The Morgan fingerprint density at radius 1 is 1.27 bits per heavy atom. The van der Waals surface area contributed by atoms with Crippen LogP contribution in [0.1, 0.15) is 46.0 Å². The van der Waals surface area contributed by atoms with Crippen molar-refractivity contribution < 1.29 is 8.42 Å². The summed E-state index contributed by atoms with van der Waals surface area (Å²) < 4.78 is 23.3. The van der Waals surface area contributed by atoms with Gasteiger partial charge in [0.15, 0.2) is 9.84 Å². The Hall–Kier alpha value is 0.430. The van der Waals surface area contributed by atoms with Crippen molar-refractivity contribution in [2.75, 3.05) is 5.75 Å². The molecule has 2 atom stereocenters. The lowest BCUT2D eigenvalue weighted by Gasteiger charge is -2.27. The Balaban J connectivity index is 2.42. The number of sulfone groups is 1. The fraction of sp³-hybridized carbons (Fsp3) is 1.00.